The molecule has 0 saturated heterocycles. The normalized spacial score (nSPS) is 13.2. The molecule has 31 heavy (non-hydrogen) atoms. The maximum Gasteiger partial charge on any atom is 0.252 e. The van der Waals surface area contributed by atoms with Gasteiger partial charge < -0.3 is 10.6 Å². The Hall–Kier alpha value is -2.61. The molecular weight excluding hydrogens is 466 g/mol. The summed E-state index contributed by atoms with van der Waals surface area (Å²) in [4.78, 5) is 26.7. The number of fused-ring (bicyclic) bond motifs is 1. The molecule has 0 bridgehead atoms. The van der Waals surface area contributed by atoms with Crippen LogP contribution in [0.5, 0.6) is 0 Å². The second kappa shape index (κ2) is 8.49. The summed E-state index contributed by atoms with van der Waals surface area (Å²) in [5.41, 5.74) is 7.57. The van der Waals surface area contributed by atoms with Crippen LogP contribution in [0, 0.1) is 5.82 Å². The number of nitrogens with two attached hydrogens (primary N) is 1. The van der Waals surface area contributed by atoms with Crippen LogP contribution in [-0.2, 0) is 24.3 Å². The fraction of sp³-hybridized carbons (Fsp3) is 0.190. The van der Waals surface area contributed by atoms with Crippen LogP contribution in [0.25, 0.3) is 11.3 Å². The molecule has 4 rings (SSSR count). The molecule has 1 aliphatic rings. The molecule has 0 fully saturated rings. The van der Waals surface area contributed by atoms with Crippen molar-refractivity contribution in [1.29, 1.82) is 0 Å². The van der Waals surface area contributed by atoms with E-state index < -0.39 is 11.7 Å². The minimum atomic E-state index is -0.713. The predicted octanol–water partition coefficient (Wildman–Crippen LogP) is 4.33. The number of nitrogens with zero attached hydrogens (tertiary/aromatic N) is 3. The van der Waals surface area contributed by atoms with Crippen LogP contribution >= 0.6 is 34.8 Å². The first-order valence-electron chi connectivity index (χ1n) is 9.30. The Bertz CT molecular complexity index is 1190. The Labute approximate surface area is 192 Å². The van der Waals surface area contributed by atoms with Crippen molar-refractivity contribution in [3.63, 3.8) is 0 Å². The number of benzene rings is 2. The molecule has 160 valence electrons. The van der Waals surface area contributed by atoms with E-state index in [0.29, 0.717) is 34.4 Å². The number of hydrogen-bond donors (Lipinski definition) is 1. The van der Waals surface area contributed by atoms with Gasteiger partial charge in [0.1, 0.15) is 11.5 Å². The molecule has 1 aliphatic heterocycles. The number of primary amides is 1. The molecule has 2 aromatic carbocycles. The molecule has 0 spiro atoms. The van der Waals surface area contributed by atoms with Crippen LogP contribution in [0.4, 0.5) is 4.39 Å². The lowest BCUT2D eigenvalue weighted by molar-refractivity contribution is -0.132. The fourth-order valence-corrected chi connectivity index (χ4v) is 4.16. The van der Waals surface area contributed by atoms with Crippen LogP contribution in [0.1, 0.15) is 21.6 Å². The molecule has 0 unspecified atom stereocenters. The van der Waals surface area contributed by atoms with Crippen molar-refractivity contribution in [1.82, 2.24) is 14.7 Å². The molecule has 0 aliphatic carbocycles. The predicted molar refractivity (Wildman–Crippen MR) is 117 cm³/mol. The van der Waals surface area contributed by atoms with E-state index in [1.165, 1.54) is 12.1 Å². The number of amides is 2. The van der Waals surface area contributed by atoms with Gasteiger partial charge >= 0.3 is 0 Å². The lowest BCUT2D eigenvalue weighted by Gasteiger charge is -2.28. The number of carbonyl (C=O) groups is 2. The summed E-state index contributed by atoms with van der Waals surface area (Å²) in [5.74, 6) is -1.41. The van der Waals surface area contributed by atoms with Crippen LogP contribution in [0.15, 0.2) is 36.4 Å². The van der Waals surface area contributed by atoms with Crippen molar-refractivity contribution in [2.75, 3.05) is 6.54 Å². The van der Waals surface area contributed by atoms with Gasteiger partial charge in [0.15, 0.2) is 0 Å². The first-order valence-corrected chi connectivity index (χ1v) is 10.4. The number of aromatic nitrogens is 2. The largest absolute Gasteiger partial charge is 0.365 e. The quantitative estimate of drug-likeness (QED) is 0.602. The Kier molecular flexibility index (Phi) is 5.92. The summed E-state index contributed by atoms with van der Waals surface area (Å²) in [6.07, 6.45) is 0.128. The van der Waals surface area contributed by atoms with Crippen molar-refractivity contribution in [2.24, 2.45) is 5.73 Å². The molecule has 6 nitrogen and oxygen atoms in total. The summed E-state index contributed by atoms with van der Waals surface area (Å²) in [7, 11) is 0. The SMILES string of the molecule is NC(=O)c1c(-c2cc(F)cc(Cl)c2)nn2c1CN(C(=O)Cc1ccc(Cl)c(Cl)c1)CC2. The fourth-order valence-electron chi connectivity index (χ4n) is 3.62. The van der Waals surface area contributed by atoms with Gasteiger partial charge in [-0.25, -0.2) is 4.39 Å². The Morgan fingerprint density at radius 2 is 1.84 bits per heavy atom. The maximum atomic E-state index is 13.9. The van der Waals surface area contributed by atoms with Crippen molar-refractivity contribution < 1.29 is 14.0 Å². The Balaban J connectivity index is 1.64. The molecule has 3 aromatic rings. The lowest BCUT2D eigenvalue weighted by atomic mass is 10.0. The molecule has 2 N–H and O–H groups in total. The van der Waals surface area contributed by atoms with Gasteiger partial charge in [-0.15, -0.1) is 0 Å². The molecule has 0 saturated carbocycles. The summed E-state index contributed by atoms with van der Waals surface area (Å²) in [5, 5.41) is 5.41. The third kappa shape index (κ3) is 4.39. The van der Waals surface area contributed by atoms with Crippen molar-refractivity contribution >= 4 is 46.6 Å². The highest BCUT2D eigenvalue weighted by atomic mass is 35.5. The first-order chi connectivity index (χ1) is 14.7. The van der Waals surface area contributed by atoms with Gasteiger partial charge in [0, 0.05) is 17.1 Å². The zero-order valence-electron chi connectivity index (χ0n) is 16.0. The zero-order chi connectivity index (χ0) is 22.3. The number of hydrogen-bond acceptors (Lipinski definition) is 3. The van der Waals surface area contributed by atoms with E-state index in [-0.39, 0.29) is 35.2 Å². The molecule has 0 atom stereocenters. The van der Waals surface area contributed by atoms with E-state index in [4.69, 9.17) is 40.5 Å². The molecule has 0 radical (unpaired) electrons. The van der Waals surface area contributed by atoms with Crippen LogP contribution in [0.2, 0.25) is 15.1 Å². The number of carbonyl (C=O) groups excluding carboxylic acids is 2. The van der Waals surface area contributed by atoms with E-state index >= 15 is 0 Å². The third-order valence-corrected chi connectivity index (χ3v) is 6.01. The zero-order valence-corrected chi connectivity index (χ0v) is 18.3. The van der Waals surface area contributed by atoms with Gasteiger partial charge in [-0.3, -0.25) is 14.3 Å². The summed E-state index contributed by atoms with van der Waals surface area (Å²) in [6, 6.07) is 8.93. The van der Waals surface area contributed by atoms with Crippen LogP contribution < -0.4 is 5.73 Å². The van der Waals surface area contributed by atoms with E-state index in [1.807, 2.05) is 0 Å². The van der Waals surface area contributed by atoms with Gasteiger partial charge in [-0.2, -0.15) is 5.10 Å². The summed E-state index contributed by atoms with van der Waals surface area (Å²) in [6.45, 7) is 0.913. The van der Waals surface area contributed by atoms with Crippen LogP contribution in [-0.4, -0.2) is 33.0 Å². The highest BCUT2D eigenvalue weighted by Crippen LogP contribution is 2.31. The summed E-state index contributed by atoms with van der Waals surface area (Å²) < 4.78 is 15.5. The Morgan fingerprint density at radius 1 is 1.06 bits per heavy atom. The van der Waals surface area contributed by atoms with E-state index in [2.05, 4.69) is 5.10 Å². The lowest BCUT2D eigenvalue weighted by Crippen LogP contribution is -2.40. The second-order valence-electron chi connectivity index (χ2n) is 7.16. The molecule has 2 heterocycles. The van der Waals surface area contributed by atoms with Gasteiger partial charge in [0.2, 0.25) is 5.91 Å². The minimum absolute atomic E-state index is 0.128. The maximum absolute atomic E-state index is 13.9. The van der Waals surface area contributed by atoms with Crippen molar-refractivity contribution in [2.45, 2.75) is 19.5 Å². The van der Waals surface area contributed by atoms with Gasteiger partial charge in [0.05, 0.1) is 40.8 Å². The highest BCUT2D eigenvalue weighted by molar-refractivity contribution is 6.42. The molecular formula is C21H16Cl3FN4O2. The highest BCUT2D eigenvalue weighted by Gasteiger charge is 2.30. The van der Waals surface area contributed by atoms with Crippen molar-refractivity contribution in [3.8, 4) is 11.3 Å². The van der Waals surface area contributed by atoms with E-state index in [0.717, 1.165) is 11.6 Å². The van der Waals surface area contributed by atoms with Gasteiger partial charge in [-0.1, -0.05) is 40.9 Å². The second-order valence-corrected chi connectivity index (χ2v) is 8.41. The summed E-state index contributed by atoms with van der Waals surface area (Å²) >= 11 is 17.9. The van der Waals surface area contributed by atoms with Gasteiger partial charge in [-0.05, 0) is 35.9 Å². The van der Waals surface area contributed by atoms with E-state index in [1.54, 1.807) is 27.8 Å². The average molecular weight is 482 g/mol. The Morgan fingerprint density at radius 3 is 2.52 bits per heavy atom. The van der Waals surface area contributed by atoms with E-state index in [9.17, 15) is 14.0 Å². The van der Waals surface area contributed by atoms with Crippen molar-refractivity contribution in [3.05, 3.63) is 74.1 Å². The monoisotopic (exact) mass is 480 g/mol. The smallest absolute Gasteiger partial charge is 0.252 e. The molecule has 10 heteroatoms. The van der Waals surface area contributed by atoms with Crippen LogP contribution in [0.3, 0.4) is 0 Å². The molecule has 1 aromatic heterocycles. The standard InChI is InChI=1S/C21H16Cl3FN4O2/c22-13-7-12(8-14(25)9-13)20-19(21(26)31)17-10-28(3-4-29(17)27-20)18(30)6-11-1-2-15(23)16(24)5-11/h1-2,5,7-9H,3-4,6,10H2,(H2,26,31). The minimum Gasteiger partial charge on any atom is -0.365 e. The third-order valence-electron chi connectivity index (χ3n) is 5.05. The first kappa shape index (κ1) is 21.6. The number of rotatable bonds is 4. The average Bonchev–Trinajstić information content (AvgIpc) is 3.09. The topological polar surface area (TPSA) is 81.2 Å². The number of halogens is 4. The van der Waals surface area contributed by atoms with Gasteiger partial charge in [0.25, 0.3) is 5.91 Å². The molecule has 2 amide bonds.